The van der Waals surface area contributed by atoms with Crippen LogP contribution in [0.25, 0.3) is 0 Å². The van der Waals surface area contributed by atoms with Gasteiger partial charge in [-0.1, -0.05) is 12.8 Å². The van der Waals surface area contributed by atoms with Gasteiger partial charge in [-0.3, -0.25) is 9.80 Å². The van der Waals surface area contributed by atoms with Crippen LogP contribution in [0.15, 0.2) is 0 Å². The fourth-order valence-electron chi connectivity index (χ4n) is 3.88. The SMILES string of the molecule is NC1(CN2CCN3CCCC3C2)CCCC1. The van der Waals surface area contributed by atoms with Gasteiger partial charge in [0, 0.05) is 37.8 Å². The van der Waals surface area contributed by atoms with Crippen molar-refractivity contribution in [3.63, 3.8) is 0 Å². The Labute approximate surface area is 99.0 Å². The number of nitrogens with zero attached hydrogens (tertiary/aromatic N) is 2. The lowest BCUT2D eigenvalue weighted by Crippen LogP contribution is -2.56. The van der Waals surface area contributed by atoms with Crippen molar-refractivity contribution in [2.45, 2.75) is 50.1 Å². The van der Waals surface area contributed by atoms with Crippen molar-refractivity contribution >= 4 is 0 Å². The van der Waals surface area contributed by atoms with E-state index in [-0.39, 0.29) is 5.54 Å². The highest BCUT2D eigenvalue weighted by Gasteiger charge is 2.35. The predicted octanol–water partition coefficient (Wildman–Crippen LogP) is 1.04. The molecule has 0 spiro atoms. The molecule has 0 radical (unpaired) electrons. The lowest BCUT2D eigenvalue weighted by molar-refractivity contribution is 0.0863. The Kier molecular flexibility index (Phi) is 2.94. The lowest BCUT2D eigenvalue weighted by Gasteiger charge is -2.41. The van der Waals surface area contributed by atoms with Crippen LogP contribution in [-0.4, -0.2) is 54.1 Å². The van der Waals surface area contributed by atoms with E-state index in [1.807, 2.05) is 0 Å². The first-order valence-corrected chi connectivity index (χ1v) is 7.01. The summed E-state index contributed by atoms with van der Waals surface area (Å²) in [5.74, 6) is 0. The summed E-state index contributed by atoms with van der Waals surface area (Å²) in [6, 6.07) is 0.846. The molecule has 2 aliphatic heterocycles. The lowest BCUT2D eigenvalue weighted by atomic mass is 9.97. The predicted molar refractivity (Wildman–Crippen MR) is 66.4 cm³/mol. The van der Waals surface area contributed by atoms with Gasteiger partial charge >= 0.3 is 0 Å². The Morgan fingerprint density at radius 3 is 2.69 bits per heavy atom. The normalized spacial score (nSPS) is 35.4. The van der Waals surface area contributed by atoms with Gasteiger partial charge in [0.2, 0.25) is 0 Å². The molecule has 1 saturated carbocycles. The molecule has 0 aromatic rings. The van der Waals surface area contributed by atoms with Crippen molar-refractivity contribution in [1.29, 1.82) is 0 Å². The maximum atomic E-state index is 6.47. The Balaban J connectivity index is 1.56. The minimum absolute atomic E-state index is 0.154. The fraction of sp³-hybridized carbons (Fsp3) is 1.00. The summed E-state index contributed by atoms with van der Waals surface area (Å²) < 4.78 is 0. The van der Waals surface area contributed by atoms with Gasteiger partial charge in [-0.25, -0.2) is 0 Å². The summed E-state index contributed by atoms with van der Waals surface area (Å²) in [4.78, 5) is 5.31. The third-order valence-corrected chi connectivity index (χ3v) is 4.81. The summed E-state index contributed by atoms with van der Waals surface area (Å²) in [5, 5.41) is 0. The topological polar surface area (TPSA) is 32.5 Å². The number of piperazine rings is 1. The molecule has 3 heteroatoms. The molecule has 0 amide bonds. The van der Waals surface area contributed by atoms with E-state index in [9.17, 15) is 0 Å². The van der Waals surface area contributed by atoms with Gasteiger partial charge in [0.05, 0.1) is 0 Å². The van der Waals surface area contributed by atoms with Gasteiger partial charge in [0.15, 0.2) is 0 Å². The van der Waals surface area contributed by atoms with Gasteiger partial charge in [-0.05, 0) is 32.2 Å². The van der Waals surface area contributed by atoms with Gasteiger partial charge in [0.1, 0.15) is 0 Å². The van der Waals surface area contributed by atoms with Crippen molar-refractivity contribution in [2.75, 3.05) is 32.7 Å². The standard InChI is InChI=1S/C13H25N3/c14-13(5-1-2-6-13)11-15-8-9-16-7-3-4-12(16)10-15/h12H,1-11,14H2. The molecular formula is C13H25N3. The molecule has 2 heterocycles. The maximum Gasteiger partial charge on any atom is 0.0283 e. The van der Waals surface area contributed by atoms with Crippen molar-refractivity contribution in [3.05, 3.63) is 0 Å². The zero-order valence-corrected chi connectivity index (χ0v) is 10.3. The Bertz CT molecular complexity index is 248. The van der Waals surface area contributed by atoms with E-state index in [0.717, 1.165) is 12.6 Å². The molecule has 1 aliphatic carbocycles. The van der Waals surface area contributed by atoms with E-state index in [4.69, 9.17) is 5.73 Å². The second-order valence-corrected chi connectivity index (χ2v) is 6.14. The van der Waals surface area contributed by atoms with Gasteiger partial charge in [0.25, 0.3) is 0 Å². The van der Waals surface area contributed by atoms with Crippen molar-refractivity contribution < 1.29 is 0 Å². The molecule has 3 nitrogen and oxygen atoms in total. The number of rotatable bonds is 2. The number of hydrogen-bond donors (Lipinski definition) is 1. The zero-order valence-electron chi connectivity index (χ0n) is 10.3. The zero-order chi connectivity index (χ0) is 11.0. The molecule has 16 heavy (non-hydrogen) atoms. The van der Waals surface area contributed by atoms with Crippen LogP contribution in [0.2, 0.25) is 0 Å². The molecule has 0 bridgehead atoms. The van der Waals surface area contributed by atoms with Crippen LogP contribution < -0.4 is 5.73 Å². The minimum Gasteiger partial charge on any atom is -0.324 e. The smallest absolute Gasteiger partial charge is 0.0283 e. The van der Waals surface area contributed by atoms with Crippen molar-refractivity contribution in [1.82, 2.24) is 9.80 Å². The summed E-state index contributed by atoms with van der Waals surface area (Å²) in [5.41, 5.74) is 6.63. The molecule has 92 valence electrons. The molecule has 1 unspecified atom stereocenters. The van der Waals surface area contributed by atoms with E-state index < -0.39 is 0 Å². The van der Waals surface area contributed by atoms with Crippen LogP contribution in [0.1, 0.15) is 38.5 Å². The first-order valence-electron chi connectivity index (χ1n) is 7.01. The third-order valence-electron chi connectivity index (χ3n) is 4.81. The van der Waals surface area contributed by atoms with E-state index in [1.54, 1.807) is 0 Å². The quantitative estimate of drug-likeness (QED) is 0.759. The molecular weight excluding hydrogens is 198 g/mol. The van der Waals surface area contributed by atoms with Crippen LogP contribution in [-0.2, 0) is 0 Å². The van der Waals surface area contributed by atoms with Crippen LogP contribution >= 0.6 is 0 Å². The molecule has 0 aromatic carbocycles. The number of hydrogen-bond acceptors (Lipinski definition) is 3. The Morgan fingerprint density at radius 2 is 1.88 bits per heavy atom. The van der Waals surface area contributed by atoms with Crippen LogP contribution in [0.3, 0.4) is 0 Å². The summed E-state index contributed by atoms with van der Waals surface area (Å²) in [6.07, 6.45) is 8.01. The van der Waals surface area contributed by atoms with Crippen LogP contribution in [0.5, 0.6) is 0 Å². The third kappa shape index (κ3) is 2.13. The Morgan fingerprint density at radius 1 is 1.06 bits per heavy atom. The molecule has 3 fully saturated rings. The van der Waals surface area contributed by atoms with Gasteiger partial charge in [-0.2, -0.15) is 0 Å². The highest BCUT2D eigenvalue weighted by Crippen LogP contribution is 2.29. The fourth-order valence-corrected chi connectivity index (χ4v) is 3.88. The second-order valence-electron chi connectivity index (χ2n) is 6.14. The first kappa shape index (κ1) is 11.0. The minimum atomic E-state index is 0.154. The van der Waals surface area contributed by atoms with Crippen molar-refractivity contribution in [2.24, 2.45) is 5.73 Å². The highest BCUT2D eigenvalue weighted by molar-refractivity contribution is 4.95. The summed E-state index contributed by atoms with van der Waals surface area (Å²) >= 11 is 0. The summed E-state index contributed by atoms with van der Waals surface area (Å²) in [7, 11) is 0. The Hall–Kier alpha value is -0.120. The van der Waals surface area contributed by atoms with E-state index in [2.05, 4.69) is 9.80 Å². The van der Waals surface area contributed by atoms with Gasteiger partial charge in [-0.15, -0.1) is 0 Å². The largest absolute Gasteiger partial charge is 0.324 e. The van der Waals surface area contributed by atoms with E-state index in [0.29, 0.717) is 0 Å². The number of nitrogens with two attached hydrogens (primary N) is 1. The first-order chi connectivity index (χ1) is 7.75. The monoisotopic (exact) mass is 223 g/mol. The average Bonchev–Trinajstić information content (AvgIpc) is 2.86. The molecule has 0 aromatic heterocycles. The number of fused-ring (bicyclic) bond motifs is 1. The van der Waals surface area contributed by atoms with Gasteiger partial charge < -0.3 is 5.73 Å². The average molecular weight is 223 g/mol. The molecule has 3 aliphatic rings. The van der Waals surface area contributed by atoms with Crippen LogP contribution in [0.4, 0.5) is 0 Å². The van der Waals surface area contributed by atoms with Crippen molar-refractivity contribution in [3.8, 4) is 0 Å². The van der Waals surface area contributed by atoms with E-state index in [1.165, 1.54) is 64.7 Å². The molecule has 2 N–H and O–H groups in total. The molecule has 2 saturated heterocycles. The molecule has 3 rings (SSSR count). The highest BCUT2D eigenvalue weighted by atomic mass is 15.3. The molecule has 1 atom stereocenters. The van der Waals surface area contributed by atoms with E-state index >= 15 is 0 Å². The maximum absolute atomic E-state index is 6.47. The van der Waals surface area contributed by atoms with Crippen LogP contribution in [0, 0.1) is 0 Å². The summed E-state index contributed by atoms with van der Waals surface area (Å²) in [6.45, 7) is 6.29. The second kappa shape index (κ2) is 4.28.